The highest BCUT2D eigenvalue weighted by Gasteiger charge is 2.39. The largest absolute Gasteiger partial charge is 0.345 e. The predicted octanol–water partition coefficient (Wildman–Crippen LogP) is 2.92. The Balaban J connectivity index is 1.31. The van der Waals surface area contributed by atoms with Crippen LogP contribution in [-0.2, 0) is 12.8 Å². The van der Waals surface area contributed by atoms with Crippen molar-refractivity contribution in [2.24, 2.45) is 17.8 Å². The van der Waals surface area contributed by atoms with Crippen LogP contribution in [0.15, 0.2) is 28.0 Å². The van der Waals surface area contributed by atoms with Crippen LogP contribution in [0.5, 0.6) is 0 Å². The number of hydrogen-bond acceptors (Lipinski definition) is 5. The van der Waals surface area contributed by atoms with Crippen molar-refractivity contribution in [3.63, 3.8) is 0 Å². The van der Waals surface area contributed by atoms with E-state index in [1.807, 2.05) is 12.3 Å². The molecule has 4 aromatic rings. The van der Waals surface area contributed by atoms with Crippen molar-refractivity contribution >= 4 is 16.8 Å². The van der Waals surface area contributed by atoms with Gasteiger partial charge in [0.2, 0.25) is 10.9 Å². The third-order valence-electron chi connectivity index (χ3n) is 7.42. The number of fused-ring (bicyclic) bond motifs is 3. The summed E-state index contributed by atoms with van der Waals surface area (Å²) in [5.74, 6) is 2.84. The molecule has 1 N–H and O–H groups in total. The Morgan fingerprint density at radius 3 is 2.57 bits per heavy atom. The molecule has 7 heteroatoms. The van der Waals surface area contributed by atoms with Crippen LogP contribution >= 0.6 is 0 Å². The first-order valence-corrected chi connectivity index (χ1v) is 11.1. The predicted molar refractivity (Wildman–Crippen MR) is 113 cm³/mol. The quantitative estimate of drug-likeness (QED) is 0.500. The molecule has 3 aromatic heterocycles. The third-order valence-corrected chi connectivity index (χ3v) is 7.42. The lowest BCUT2D eigenvalue weighted by atomic mass is 9.87. The fourth-order valence-electron chi connectivity index (χ4n) is 5.63. The van der Waals surface area contributed by atoms with Gasteiger partial charge in [-0.2, -0.15) is 0 Å². The van der Waals surface area contributed by atoms with Gasteiger partial charge < -0.3 is 4.98 Å². The van der Waals surface area contributed by atoms with Crippen molar-refractivity contribution in [2.75, 3.05) is 0 Å². The second kappa shape index (κ2) is 6.59. The number of nitrogens with zero attached hydrogens (tertiary/aromatic N) is 4. The summed E-state index contributed by atoms with van der Waals surface area (Å²) >= 11 is 0. The second-order valence-electron chi connectivity index (χ2n) is 9.30. The maximum absolute atomic E-state index is 12.3. The maximum Gasteiger partial charge on any atom is 0.229 e. The number of aromatic nitrogens is 5. The topological polar surface area (TPSA) is 93.0 Å². The first-order valence-electron chi connectivity index (χ1n) is 11.1. The molecule has 2 aliphatic rings. The molecule has 7 nitrogen and oxygen atoms in total. The first-order chi connectivity index (χ1) is 14.6. The zero-order chi connectivity index (χ0) is 20.4. The van der Waals surface area contributed by atoms with Gasteiger partial charge in [0.15, 0.2) is 11.3 Å². The minimum Gasteiger partial charge on any atom is -0.345 e. The molecule has 3 atom stereocenters. The highest BCUT2D eigenvalue weighted by molar-refractivity contribution is 5.74. The zero-order valence-corrected chi connectivity index (χ0v) is 17.1. The lowest BCUT2D eigenvalue weighted by molar-refractivity contribution is 0.443. The van der Waals surface area contributed by atoms with E-state index >= 15 is 0 Å². The summed E-state index contributed by atoms with van der Waals surface area (Å²) in [6, 6.07) is 2.02. The van der Waals surface area contributed by atoms with Crippen LogP contribution in [0.1, 0.15) is 61.9 Å². The van der Waals surface area contributed by atoms with Gasteiger partial charge in [0, 0.05) is 23.2 Å². The molecule has 6 rings (SSSR count). The van der Waals surface area contributed by atoms with E-state index in [0.717, 1.165) is 65.9 Å². The minimum atomic E-state index is -0.227. The number of nitrogens with one attached hydrogen (secondary N) is 1. The van der Waals surface area contributed by atoms with E-state index < -0.39 is 0 Å². The summed E-state index contributed by atoms with van der Waals surface area (Å²) in [5.41, 5.74) is 3.83. The van der Waals surface area contributed by atoms with Crippen LogP contribution in [0.3, 0.4) is 0 Å². The molecule has 2 saturated carbocycles. The van der Waals surface area contributed by atoms with Crippen LogP contribution in [-0.4, -0.2) is 24.6 Å². The van der Waals surface area contributed by atoms with Gasteiger partial charge in [-0.05, 0) is 62.3 Å². The fraction of sp³-hybridized carbons (Fsp3) is 0.522. The Kier molecular flexibility index (Phi) is 3.95. The molecule has 0 saturated heterocycles. The third kappa shape index (κ3) is 2.67. The molecule has 0 amide bonds. The van der Waals surface area contributed by atoms with Gasteiger partial charge in [-0.1, -0.05) is 13.3 Å². The van der Waals surface area contributed by atoms with Crippen molar-refractivity contribution in [2.45, 2.75) is 57.8 Å². The Hall–Kier alpha value is -2.83. The minimum absolute atomic E-state index is 0.218. The zero-order valence-electron chi connectivity index (χ0n) is 17.1. The number of aromatic amines is 1. The van der Waals surface area contributed by atoms with Crippen LogP contribution in [0.2, 0.25) is 0 Å². The Bertz CT molecular complexity index is 1320. The summed E-state index contributed by atoms with van der Waals surface area (Å²) in [4.78, 5) is 31.9. The van der Waals surface area contributed by atoms with Crippen molar-refractivity contribution in [3.05, 3.63) is 55.9 Å². The van der Waals surface area contributed by atoms with Crippen LogP contribution in [0.4, 0.5) is 0 Å². The van der Waals surface area contributed by atoms with Crippen molar-refractivity contribution in [1.82, 2.24) is 24.6 Å². The van der Waals surface area contributed by atoms with Crippen LogP contribution in [0.25, 0.3) is 16.8 Å². The number of hydrogen-bond donors (Lipinski definition) is 1. The van der Waals surface area contributed by atoms with Gasteiger partial charge in [0.05, 0.1) is 11.7 Å². The lowest BCUT2D eigenvalue weighted by Crippen LogP contribution is -2.40. The summed E-state index contributed by atoms with van der Waals surface area (Å²) in [6.07, 6.45) is 10.7. The molecular weight excluding hydrogens is 378 g/mol. The fourth-order valence-corrected chi connectivity index (χ4v) is 5.63. The van der Waals surface area contributed by atoms with Crippen molar-refractivity contribution < 1.29 is 0 Å². The SMILES string of the molecule is CC[C@@H]1C[C@H](Cc2c(CC3CC3)c(=O)c2=O)CC1c1nnc2cnc3[nH]ccc3n12. The highest BCUT2D eigenvalue weighted by atomic mass is 16.2. The second-order valence-corrected chi connectivity index (χ2v) is 9.30. The summed E-state index contributed by atoms with van der Waals surface area (Å²) in [5, 5.41) is 8.95. The van der Waals surface area contributed by atoms with Gasteiger partial charge in [0.25, 0.3) is 0 Å². The molecule has 2 aliphatic carbocycles. The van der Waals surface area contributed by atoms with Crippen molar-refractivity contribution in [3.8, 4) is 0 Å². The molecule has 30 heavy (non-hydrogen) atoms. The van der Waals surface area contributed by atoms with E-state index in [4.69, 9.17) is 0 Å². The van der Waals surface area contributed by atoms with Gasteiger partial charge in [0.1, 0.15) is 5.82 Å². The van der Waals surface area contributed by atoms with E-state index in [-0.39, 0.29) is 10.9 Å². The monoisotopic (exact) mass is 403 g/mol. The van der Waals surface area contributed by atoms with E-state index in [0.29, 0.717) is 23.7 Å². The smallest absolute Gasteiger partial charge is 0.229 e. The van der Waals surface area contributed by atoms with E-state index in [2.05, 4.69) is 31.5 Å². The summed E-state index contributed by atoms with van der Waals surface area (Å²) in [6.45, 7) is 2.23. The molecule has 0 radical (unpaired) electrons. The van der Waals surface area contributed by atoms with E-state index in [1.165, 1.54) is 12.8 Å². The summed E-state index contributed by atoms with van der Waals surface area (Å²) in [7, 11) is 0. The van der Waals surface area contributed by atoms with Crippen LogP contribution < -0.4 is 10.9 Å². The average Bonchev–Trinajstić information content (AvgIpc) is 3.15. The van der Waals surface area contributed by atoms with Gasteiger partial charge in [-0.25, -0.2) is 4.98 Å². The summed E-state index contributed by atoms with van der Waals surface area (Å²) < 4.78 is 2.13. The standard InChI is InChI=1S/C23H25N5O2/c1-2-14-7-13(10-17-16(8-12-3-4-12)20(29)21(17)30)9-15(14)23-27-26-19-11-25-22-18(28(19)23)5-6-24-22/h5-6,11-15,24H,2-4,7-10H2,1H3/t13-,14+,15?/m0/s1. The Morgan fingerprint density at radius 2 is 1.83 bits per heavy atom. The van der Waals surface area contributed by atoms with Crippen molar-refractivity contribution in [1.29, 1.82) is 0 Å². The molecular formula is C23H25N5O2. The highest BCUT2D eigenvalue weighted by Crippen LogP contribution is 2.46. The van der Waals surface area contributed by atoms with Gasteiger partial charge >= 0.3 is 0 Å². The van der Waals surface area contributed by atoms with Gasteiger partial charge in [-0.3, -0.25) is 14.0 Å². The molecule has 154 valence electrons. The molecule has 2 fully saturated rings. The molecule has 3 heterocycles. The molecule has 0 spiro atoms. The first kappa shape index (κ1) is 18.0. The number of rotatable bonds is 6. The number of H-pyrrole nitrogens is 1. The molecule has 1 aromatic carbocycles. The Morgan fingerprint density at radius 1 is 1.07 bits per heavy atom. The lowest BCUT2D eigenvalue weighted by Gasteiger charge is -2.16. The van der Waals surface area contributed by atoms with Gasteiger partial charge in [-0.15, -0.1) is 10.2 Å². The average molecular weight is 403 g/mol. The molecule has 0 aliphatic heterocycles. The Labute approximate surface area is 173 Å². The maximum atomic E-state index is 12.3. The molecule has 0 bridgehead atoms. The van der Waals surface area contributed by atoms with E-state index in [9.17, 15) is 9.59 Å². The molecule has 1 unspecified atom stereocenters. The van der Waals surface area contributed by atoms with Crippen LogP contribution in [0, 0.1) is 17.8 Å². The normalized spacial score (nSPS) is 24.5. The van der Waals surface area contributed by atoms with E-state index in [1.54, 1.807) is 6.20 Å².